The number of rotatable bonds is 6. The van der Waals surface area contributed by atoms with Crippen LogP contribution >= 0.6 is 11.6 Å². The predicted octanol–water partition coefficient (Wildman–Crippen LogP) is 3.43. The van der Waals surface area contributed by atoms with Crippen molar-refractivity contribution in [1.82, 2.24) is 5.43 Å². The third-order valence-corrected chi connectivity index (χ3v) is 3.14. The van der Waals surface area contributed by atoms with E-state index >= 15 is 0 Å². The van der Waals surface area contributed by atoms with Crippen molar-refractivity contribution < 1.29 is 9.53 Å². The number of halogens is 1. The lowest BCUT2D eigenvalue weighted by Gasteiger charge is -2.06. The standard InChI is InChI=1S/C17H17ClN2O2/c1-2-22-16-6-4-3-5-14(16)12-19-20-17(21)11-13-7-9-15(18)10-8-13/h3-10,12H,2,11H2,1H3,(H,20,21)/b19-12-. The summed E-state index contributed by atoms with van der Waals surface area (Å²) in [6.07, 6.45) is 1.83. The molecule has 1 amide bonds. The lowest BCUT2D eigenvalue weighted by molar-refractivity contribution is -0.120. The lowest BCUT2D eigenvalue weighted by Crippen LogP contribution is -2.19. The third kappa shape index (κ3) is 4.90. The highest BCUT2D eigenvalue weighted by Gasteiger charge is 2.03. The minimum Gasteiger partial charge on any atom is -0.493 e. The van der Waals surface area contributed by atoms with Crippen LogP contribution < -0.4 is 10.2 Å². The molecule has 0 unspecified atom stereocenters. The Morgan fingerprint density at radius 3 is 2.68 bits per heavy atom. The molecule has 0 bridgehead atoms. The summed E-state index contributed by atoms with van der Waals surface area (Å²) in [5, 5.41) is 4.62. The van der Waals surface area contributed by atoms with Crippen LogP contribution in [0.1, 0.15) is 18.1 Å². The summed E-state index contributed by atoms with van der Waals surface area (Å²) in [7, 11) is 0. The fourth-order valence-corrected chi connectivity index (χ4v) is 2.00. The van der Waals surface area contributed by atoms with Crippen molar-refractivity contribution in [3.63, 3.8) is 0 Å². The summed E-state index contributed by atoms with van der Waals surface area (Å²) >= 11 is 5.80. The molecule has 114 valence electrons. The van der Waals surface area contributed by atoms with E-state index < -0.39 is 0 Å². The largest absolute Gasteiger partial charge is 0.493 e. The maximum Gasteiger partial charge on any atom is 0.244 e. The molecule has 5 heteroatoms. The number of para-hydroxylation sites is 1. The number of hydrogen-bond donors (Lipinski definition) is 1. The van der Waals surface area contributed by atoms with Crippen LogP contribution in [0.3, 0.4) is 0 Å². The summed E-state index contributed by atoms with van der Waals surface area (Å²) in [5.41, 5.74) is 4.20. The van der Waals surface area contributed by atoms with Gasteiger partial charge in [0, 0.05) is 10.6 Å². The number of ether oxygens (including phenoxy) is 1. The average molecular weight is 317 g/mol. The molecular formula is C17H17ClN2O2. The predicted molar refractivity (Wildman–Crippen MR) is 88.5 cm³/mol. The van der Waals surface area contributed by atoms with Gasteiger partial charge in [0.15, 0.2) is 0 Å². The van der Waals surface area contributed by atoms with E-state index in [9.17, 15) is 4.79 Å². The average Bonchev–Trinajstić information content (AvgIpc) is 2.51. The van der Waals surface area contributed by atoms with Crippen LogP contribution in [0.2, 0.25) is 5.02 Å². The Balaban J connectivity index is 1.92. The van der Waals surface area contributed by atoms with Gasteiger partial charge in [-0.1, -0.05) is 35.9 Å². The van der Waals surface area contributed by atoms with Gasteiger partial charge in [0.25, 0.3) is 0 Å². The van der Waals surface area contributed by atoms with Gasteiger partial charge in [0.05, 0.1) is 19.2 Å². The van der Waals surface area contributed by atoms with Crippen LogP contribution in [0.5, 0.6) is 5.75 Å². The molecule has 2 aromatic rings. The second kappa shape index (κ2) is 8.20. The quantitative estimate of drug-likeness (QED) is 0.655. The van der Waals surface area contributed by atoms with E-state index in [4.69, 9.17) is 16.3 Å². The maximum absolute atomic E-state index is 11.8. The SMILES string of the molecule is CCOc1ccccc1/C=N\NC(=O)Cc1ccc(Cl)cc1. The van der Waals surface area contributed by atoms with Crippen LogP contribution in [-0.4, -0.2) is 18.7 Å². The van der Waals surface area contributed by atoms with E-state index in [-0.39, 0.29) is 12.3 Å². The molecule has 2 aromatic carbocycles. The first-order valence-corrected chi connectivity index (χ1v) is 7.35. The van der Waals surface area contributed by atoms with Crippen molar-refractivity contribution in [3.8, 4) is 5.75 Å². The Labute approximate surface area is 134 Å². The van der Waals surface area contributed by atoms with E-state index in [0.717, 1.165) is 16.9 Å². The van der Waals surface area contributed by atoms with Crippen molar-refractivity contribution in [1.29, 1.82) is 0 Å². The number of nitrogens with zero attached hydrogens (tertiary/aromatic N) is 1. The molecule has 0 heterocycles. The second-order valence-electron chi connectivity index (χ2n) is 4.57. The van der Waals surface area contributed by atoms with E-state index in [0.29, 0.717) is 11.6 Å². The molecule has 2 rings (SSSR count). The third-order valence-electron chi connectivity index (χ3n) is 2.89. The van der Waals surface area contributed by atoms with Crippen LogP contribution in [0.15, 0.2) is 53.6 Å². The molecule has 0 atom stereocenters. The highest BCUT2D eigenvalue weighted by Crippen LogP contribution is 2.15. The molecule has 22 heavy (non-hydrogen) atoms. The Kier molecular flexibility index (Phi) is 5.98. The molecule has 4 nitrogen and oxygen atoms in total. The van der Waals surface area contributed by atoms with E-state index in [1.54, 1.807) is 18.3 Å². The van der Waals surface area contributed by atoms with E-state index in [1.165, 1.54) is 0 Å². The van der Waals surface area contributed by atoms with Crippen LogP contribution in [0, 0.1) is 0 Å². The number of benzene rings is 2. The zero-order valence-corrected chi connectivity index (χ0v) is 13.0. The number of hydrazone groups is 1. The van der Waals surface area contributed by atoms with Gasteiger partial charge in [-0.05, 0) is 36.8 Å². The molecule has 0 aliphatic rings. The highest BCUT2D eigenvalue weighted by atomic mass is 35.5. The van der Waals surface area contributed by atoms with Crippen LogP contribution in [0.4, 0.5) is 0 Å². The minimum absolute atomic E-state index is 0.188. The van der Waals surface area contributed by atoms with E-state index in [1.807, 2.05) is 43.3 Å². The molecule has 0 saturated heterocycles. The minimum atomic E-state index is -0.188. The van der Waals surface area contributed by atoms with Gasteiger partial charge in [-0.3, -0.25) is 4.79 Å². The van der Waals surface area contributed by atoms with Crippen molar-refractivity contribution in [2.75, 3.05) is 6.61 Å². The van der Waals surface area contributed by atoms with Crippen LogP contribution in [0.25, 0.3) is 0 Å². The monoisotopic (exact) mass is 316 g/mol. The topological polar surface area (TPSA) is 50.7 Å². The number of carbonyl (C=O) groups excluding carboxylic acids is 1. The molecule has 0 aliphatic heterocycles. The number of amides is 1. The summed E-state index contributed by atoms with van der Waals surface area (Å²) in [6, 6.07) is 14.7. The fourth-order valence-electron chi connectivity index (χ4n) is 1.88. The first-order chi connectivity index (χ1) is 10.7. The molecule has 0 spiro atoms. The molecule has 0 saturated carbocycles. The van der Waals surface area contributed by atoms with Crippen molar-refractivity contribution >= 4 is 23.7 Å². The Bertz CT molecular complexity index is 654. The van der Waals surface area contributed by atoms with Crippen LogP contribution in [-0.2, 0) is 11.2 Å². The number of carbonyl (C=O) groups is 1. The first kappa shape index (κ1) is 16.0. The summed E-state index contributed by atoms with van der Waals surface area (Å²) in [5.74, 6) is 0.549. The zero-order valence-electron chi connectivity index (χ0n) is 12.3. The van der Waals surface area contributed by atoms with Gasteiger partial charge >= 0.3 is 0 Å². The summed E-state index contributed by atoms with van der Waals surface area (Å²) in [4.78, 5) is 11.8. The number of nitrogens with one attached hydrogen (secondary N) is 1. The van der Waals surface area contributed by atoms with Crippen molar-refractivity contribution in [2.24, 2.45) is 5.10 Å². The molecular weight excluding hydrogens is 300 g/mol. The van der Waals surface area contributed by atoms with Gasteiger partial charge < -0.3 is 4.74 Å². The smallest absolute Gasteiger partial charge is 0.244 e. The van der Waals surface area contributed by atoms with Gasteiger partial charge in [0.2, 0.25) is 5.91 Å². The van der Waals surface area contributed by atoms with Gasteiger partial charge in [-0.25, -0.2) is 5.43 Å². The van der Waals surface area contributed by atoms with E-state index in [2.05, 4.69) is 10.5 Å². The first-order valence-electron chi connectivity index (χ1n) is 6.97. The molecule has 1 N–H and O–H groups in total. The Hall–Kier alpha value is -2.33. The summed E-state index contributed by atoms with van der Waals surface area (Å²) in [6.45, 7) is 2.50. The van der Waals surface area contributed by atoms with Gasteiger partial charge in [-0.2, -0.15) is 5.10 Å². The number of hydrogen-bond acceptors (Lipinski definition) is 3. The normalized spacial score (nSPS) is 10.6. The van der Waals surface area contributed by atoms with Crippen molar-refractivity contribution in [3.05, 3.63) is 64.7 Å². The highest BCUT2D eigenvalue weighted by molar-refractivity contribution is 6.30. The second-order valence-corrected chi connectivity index (χ2v) is 5.00. The molecule has 0 aliphatic carbocycles. The Morgan fingerprint density at radius 2 is 1.95 bits per heavy atom. The molecule has 0 aromatic heterocycles. The maximum atomic E-state index is 11.8. The lowest BCUT2D eigenvalue weighted by atomic mass is 10.1. The van der Waals surface area contributed by atoms with Gasteiger partial charge in [-0.15, -0.1) is 0 Å². The fraction of sp³-hybridized carbons (Fsp3) is 0.176. The Morgan fingerprint density at radius 1 is 1.23 bits per heavy atom. The molecule has 0 fully saturated rings. The zero-order chi connectivity index (χ0) is 15.8. The van der Waals surface area contributed by atoms with Gasteiger partial charge in [0.1, 0.15) is 5.75 Å². The van der Waals surface area contributed by atoms with Crippen molar-refractivity contribution in [2.45, 2.75) is 13.3 Å². The summed E-state index contributed by atoms with van der Waals surface area (Å²) < 4.78 is 5.48. The molecule has 0 radical (unpaired) electrons.